The second-order valence-corrected chi connectivity index (χ2v) is 5.56. The van der Waals surface area contributed by atoms with Gasteiger partial charge >= 0.3 is 6.18 Å². The zero-order chi connectivity index (χ0) is 14.8. The number of carbonyl (C=O) groups excluding carboxylic acids is 1. The standard InChI is InChI=1S/C12H20F3N3O2/c13-12(14,15)7-18-2-1-8(4-18)3-17-11(19)9-5-20-6-10(9)16/h8-10H,1-7,16H2,(H,17,19). The van der Waals surface area contributed by atoms with E-state index in [0.717, 1.165) is 0 Å². The SMILES string of the molecule is NC1COCC1C(=O)NCC1CCN(CC(F)(F)F)C1. The molecule has 2 fully saturated rings. The number of nitrogens with zero attached hydrogens (tertiary/aromatic N) is 1. The van der Waals surface area contributed by atoms with E-state index in [1.165, 1.54) is 4.90 Å². The summed E-state index contributed by atoms with van der Waals surface area (Å²) in [6.45, 7) is 1.01. The van der Waals surface area contributed by atoms with Gasteiger partial charge in [-0.05, 0) is 18.9 Å². The number of ether oxygens (including phenoxy) is 1. The molecule has 5 nitrogen and oxygen atoms in total. The van der Waals surface area contributed by atoms with E-state index in [4.69, 9.17) is 10.5 Å². The molecule has 2 aliphatic rings. The van der Waals surface area contributed by atoms with Gasteiger partial charge in [0.15, 0.2) is 0 Å². The van der Waals surface area contributed by atoms with E-state index in [-0.39, 0.29) is 23.8 Å². The zero-order valence-electron chi connectivity index (χ0n) is 11.2. The third-order valence-corrected chi connectivity index (χ3v) is 3.80. The maximum Gasteiger partial charge on any atom is 0.401 e. The summed E-state index contributed by atoms with van der Waals surface area (Å²) in [4.78, 5) is 13.2. The molecule has 0 aromatic rings. The van der Waals surface area contributed by atoms with Crippen molar-refractivity contribution >= 4 is 5.91 Å². The predicted octanol–water partition coefficient (Wildman–Crippen LogP) is -0.0395. The molecule has 8 heteroatoms. The van der Waals surface area contributed by atoms with E-state index >= 15 is 0 Å². The van der Waals surface area contributed by atoms with Crippen LogP contribution >= 0.6 is 0 Å². The minimum atomic E-state index is -4.16. The van der Waals surface area contributed by atoms with Gasteiger partial charge < -0.3 is 15.8 Å². The Kier molecular flexibility index (Phi) is 4.87. The molecular formula is C12H20F3N3O2. The van der Waals surface area contributed by atoms with Crippen LogP contribution in [0.4, 0.5) is 13.2 Å². The Balaban J connectivity index is 1.69. The van der Waals surface area contributed by atoms with Crippen LogP contribution in [0, 0.1) is 11.8 Å². The first-order chi connectivity index (χ1) is 9.35. The van der Waals surface area contributed by atoms with Crippen molar-refractivity contribution in [3.8, 4) is 0 Å². The normalized spacial score (nSPS) is 31.7. The number of halogens is 3. The van der Waals surface area contributed by atoms with Crippen molar-refractivity contribution in [2.75, 3.05) is 39.4 Å². The molecule has 20 heavy (non-hydrogen) atoms. The van der Waals surface area contributed by atoms with Crippen molar-refractivity contribution in [2.24, 2.45) is 17.6 Å². The average Bonchev–Trinajstić information content (AvgIpc) is 2.93. The van der Waals surface area contributed by atoms with Crippen molar-refractivity contribution in [2.45, 2.75) is 18.6 Å². The van der Waals surface area contributed by atoms with Crippen LogP contribution in [0.25, 0.3) is 0 Å². The molecule has 1 amide bonds. The summed E-state index contributed by atoms with van der Waals surface area (Å²) in [7, 11) is 0. The number of amides is 1. The van der Waals surface area contributed by atoms with E-state index in [1.807, 2.05) is 0 Å². The molecule has 0 aromatic carbocycles. The van der Waals surface area contributed by atoms with Crippen molar-refractivity contribution in [3.63, 3.8) is 0 Å². The second-order valence-electron chi connectivity index (χ2n) is 5.56. The minimum absolute atomic E-state index is 0.0693. The summed E-state index contributed by atoms with van der Waals surface area (Å²) in [5, 5.41) is 2.77. The van der Waals surface area contributed by atoms with E-state index in [9.17, 15) is 18.0 Å². The highest BCUT2D eigenvalue weighted by atomic mass is 19.4. The molecule has 0 spiro atoms. The zero-order valence-corrected chi connectivity index (χ0v) is 11.2. The second kappa shape index (κ2) is 6.28. The molecule has 0 bridgehead atoms. The van der Waals surface area contributed by atoms with Crippen molar-refractivity contribution in [3.05, 3.63) is 0 Å². The van der Waals surface area contributed by atoms with Crippen LogP contribution in [0.2, 0.25) is 0 Å². The van der Waals surface area contributed by atoms with Gasteiger partial charge in [-0.3, -0.25) is 9.69 Å². The lowest BCUT2D eigenvalue weighted by Gasteiger charge is -2.19. The van der Waals surface area contributed by atoms with Gasteiger partial charge in [-0.15, -0.1) is 0 Å². The Morgan fingerprint density at radius 1 is 1.40 bits per heavy atom. The third kappa shape index (κ3) is 4.32. The molecule has 2 heterocycles. The summed E-state index contributed by atoms with van der Waals surface area (Å²) in [5.41, 5.74) is 5.74. The minimum Gasteiger partial charge on any atom is -0.379 e. The highest BCUT2D eigenvalue weighted by molar-refractivity contribution is 5.79. The largest absolute Gasteiger partial charge is 0.401 e. The molecule has 116 valence electrons. The van der Waals surface area contributed by atoms with Crippen LogP contribution in [0.5, 0.6) is 0 Å². The number of likely N-dealkylation sites (tertiary alicyclic amines) is 1. The van der Waals surface area contributed by atoms with Crippen LogP contribution in [-0.4, -0.2) is 62.4 Å². The van der Waals surface area contributed by atoms with Crippen molar-refractivity contribution in [1.82, 2.24) is 10.2 Å². The first kappa shape index (κ1) is 15.5. The first-order valence-electron chi connectivity index (χ1n) is 6.75. The monoisotopic (exact) mass is 295 g/mol. The predicted molar refractivity (Wildman–Crippen MR) is 65.9 cm³/mol. The summed E-state index contributed by atoms with van der Waals surface area (Å²) < 4.78 is 41.9. The lowest BCUT2D eigenvalue weighted by molar-refractivity contribution is -0.143. The summed E-state index contributed by atoms with van der Waals surface area (Å²) in [5.74, 6) is -0.438. The average molecular weight is 295 g/mol. The van der Waals surface area contributed by atoms with Gasteiger partial charge in [-0.1, -0.05) is 0 Å². The molecule has 2 saturated heterocycles. The summed E-state index contributed by atoms with van der Waals surface area (Å²) in [6.07, 6.45) is -3.49. The van der Waals surface area contributed by atoms with Gasteiger partial charge in [0.05, 0.1) is 25.7 Å². The van der Waals surface area contributed by atoms with Crippen molar-refractivity contribution in [1.29, 1.82) is 0 Å². The van der Waals surface area contributed by atoms with Gasteiger partial charge in [0.1, 0.15) is 0 Å². The first-order valence-corrected chi connectivity index (χ1v) is 6.75. The number of nitrogens with one attached hydrogen (secondary N) is 1. The van der Waals surface area contributed by atoms with Crippen LogP contribution in [0.15, 0.2) is 0 Å². The lowest BCUT2D eigenvalue weighted by Crippen LogP contribution is -2.42. The molecule has 3 atom stereocenters. The highest BCUT2D eigenvalue weighted by Crippen LogP contribution is 2.22. The molecule has 3 unspecified atom stereocenters. The van der Waals surface area contributed by atoms with Gasteiger partial charge in [0, 0.05) is 19.1 Å². The van der Waals surface area contributed by atoms with E-state index in [0.29, 0.717) is 39.3 Å². The molecule has 0 aliphatic carbocycles. The molecule has 0 radical (unpaired) electrons. The number of hydrogen-bond donors (Lipinski definition) is 2. The maximum atomic E-state index is 12.3. The fourth-order valence-corrected chi connectivity index (χ4v) is 2.69. The number of alkyl halides is 3. The van der Waals surface area contributed by atoms with Crippen LogP contribution in [-0.2, 0) is 9.53 Å². The molecule has 0 saturated carbocycles. The fraction of sp³-hybridized carbons (Fsp3) is 0.917. The van der Waals surface area contributed by atoms with Gasteiger partial charge in [-0.2, -0.15) is 13.2 Å². The summed E-state index contributed by atoms with van der Waals surface area (Å²) >= 11 is 0. The van der Waals surface area contributed by atoms with Gasteiger partial charge in [-0.25, -0.2) is 0 Å². The van der Waals surface area contributed by atoms with Crippen molar-refractivity contribution < 1.29 is 22.7 Å². The lowest BCUT2D eigenvalue weighted by atomic mass is 10.0. The van der Waals surface area contributed by atoms with Crippen LogP contribution in [0.3, 0.4) is 0 Å². The molecule has 2 rings (SSSR count). The molecule has 3 N–H and O–H groups in total. The quantitative estimate of drug-likeness (QED) is 0.764. The number of carbonyl (C=O) groups is 1. The Morgan fingerprint density at radius 2 is 2.15 bits per heavy atom. The van der Waals surface area contributed by atoms with E-state index in [1.54, 1.807) is 0 Å². The molecule has 0 aromatic heterocycles. The van der Waals surface area contributed by atoms with Gasteiger partial charge in [0.2, 0.25) is 5.91 Å². The van der Waals surface area contributed by atoms with Crippen LogP contribution in [0.1, 0.15) is 6.42 Å². The smallest absolute Gasteiger partial charge is 0.379 e. The molecular weight excluding hydrogens is 275 g/mol. The van der Waals surface area contributed by atoms with E-state index < -0.39 is 12.7 Å². The fourth-order valence-electron chi connectivity index (χ4n) is 2.69. The Bertz CT molecular complexity index is 351. The topological polar surface area (TPSA) is 67.6 Å². The maximum absolute atomic E-state index is 12.3. The Morgan fingerprint density at radius 3 is 2.75 bits per heavy atom. The highest BCUT2D eigenvalue weighted by Gasteiger charge is 2.35. The Labute approximate surface area is 115 Å². The van der Waals surface area contributed by atoms with E-state index in [2.05, 4.69) is 5.32 Å². The third-order valence-electron chi connectivity index (χ3n) is 3.80. The number of rotatable bonds is 4. The number of nitrogens with two attached hydrogens (primary N) is 1. The number of hydrogen-bond acceptors (Lipinski definition) is 4. The summed E-state index contributed by atoms with van der Waals surface area (Å²) in [6, 6.07) is -0.291. The Hall–Kier alpha value is -0.860. The van der Waals surface area contributed by atoms with Crippen LogP contribution < -0.4 is 11.1 Å². The van der Waals surface area contributed by atoms with Gasteiger partial charge in [0.25, 0.3) is 0 Å². The molecule has 2 aliphatic heterocycles.